The summed E-state index contributed by atoms with van der Waals surface area (Å²) in [5.41, 5.74) is 0.591. The molecular formula is C12H13N3O3. The van der Waals surface area contributed by atoms with Crippen LogP contribution >= 0.6 is 0 Å². The average molecular weight is 247 g/mol. The number of pyridine rings is 1. The van der Waals surface area contributed by atoms with Crippen molar-refractivity contribution >= 4 is 24.3 Å². The first-order chi connectivity index (χ1) is 8.69. The minimum absolute atomic E-state index is 0.287. The van der Waals surface area contributed by atoms with E-state index in [1.54, 1.807) is 24.4 Å². The number of hydrogen-bond acceptors (Lipinski definition) is 4. The Kier molecular flexibility index (Phi) is 5.24. The van der Waals surface area contributed by atoms with Crippen molar-refractivity contribution in [3.63, 3.8) is 0 Å². The van der Waals surface area contributed by atoms with Crippen molar-refractivity contribution in [1.82, 2.24) is 15.2 Å². The summed E-state index contributed by atoms with van der Waals surface area (Å²) in [5, 5.41) is 2.29. The molecule has 0 radical (unpaired) electrons. The molecule has 3 amide bonds. The molecule has 1 N–H and O–H groups in total. The van der Waals surface area contributed by atoms with Gasteiger partial charge in [0.15, 0.2) is 0 Å². The lowest BCUT2D eigenvalue weighted by Crippen LogP contribution is -2.42. The van der Waals surface area contributed by atoms with Gasteiger partial charge in [-0.2, -0.15) is 0 Å². The van der Waals surface area contributed by atoms with Crippen LogP contribution in [-0.2, 0) is 9.59 Å². The lowest BCUT2D eigenvalue weighted by molar-refractivity contribution is -0.125. The Hall–Kier alpha value is -2.50. The number of nitrogens with zero attached hydrogens (tertiary/aromatic N) is 2. The van der Waals surface area contributed by atoms with Gasteiger partial charge in [0, 0.05) is 19.3 Å². The van der Waals surface area contributed by atoms with Crippen LogP contribution in [0.2, 0.25) is 0 Å². The molecule has 0 saturated carbocycles. The first-order valence-corrected chi connectivity index (χ1v) is 5.25. The standard InChI is InChI=1S/C12H13N3O3/c1-13-12(18)15(8-9-16)11(17)6-5-10-4-2-3-7-14-10/h2-7,9H,8H2,1H3,(H,13,18). The van der Waals surface area contributed by atoms with Gasteiger partial charge in [-0.25, -0.2) is 4.79 Å². The van der Waals surface area contributed by atoms with E-state index in [1.165, 1.54) is 19.2 Å². The zero-order valence-electron chi connectivity index (χ0n) is 9.87. The fourth-order valence-corrected chi connectivity index (χ4v) is 1.20. The third-order valence-corrected chi connectivity index (χ3v) is 2.07. The summed E-state index contributed by atoms with van der Waals surface area (Å²) in [4.78, 5) is 38.2. The van der Waals surface area contributed by atoms with Gasteiger partial charge < -0.3 is 10.1 Å². The number of aromatic nitrogens is 1. The van der Waals surface area contributed by atoms with E-state index in [0.717, 1.165) is 4.90 Å². The third kappa shape index (κ3) is 3.82. The van der Waals surface area contributed by atoms with Gasteiger partial charge in [-0.3, -0.25) is 14.7 Å². The van der Waals surface area contributed by atoms with Crippen LogP contribution in [0.5, 0.6) is 0 Å². The van der Waals surface area contributed by atoms with E-state index < -0.39 is 11.9 Å². The molecule has 6 nitrogen and oxygen atoms in total. The minimum Gasteiger partial charge on any atom is -0.341 e. The zero-order valence-corrected chi connectivity index (χ0v) is 9.87. The Labute approximate surface area is 104 Å². The number of nitrogens with one attached hydrogen (secondary N) is 1. The lowest BCUT2D eigenvalue weighted by Gasteiger charge is -2.15. The molecule has 1 heterocycles. The molecule has 0 fully saturated rings. The summed E-state index contributed by atoms with van der Waals surface area (Å²) in [7, 11) is 1.38. The number of hydrogen-bond donors (Lipinski definition) is 1. The first kappa shape index (κ1) is 13.6. The topological polar surface area (TPSA) is 79.4 Å². The maximum absolute atomic E-state index is 11.7. The highest BCUT2D eigenvalue weighted by molar-refractivity contribution is 6.03. The van der Waals surface area contributed by atoms with Gasteiger partial charge in [0.05, 0.1) is 12.2 Å². The van der Waals surface area contributed by atoms with E-state index >= 15 is 0 Å². The smallest absolute Gasteiger partial charge is 0.324 e. The summed E-state index contributed by atoms with van der Waals surface area (Å²) >= 11 is 0. The van der Waals surface area contributed by atoms with Gasteiger partial charge in [0.2, 0.25) is 0 Å². The second-order valence-corrected chi connectivity index (χ2v) is 3.26. The van der Waals surface area contributed by atoms with Crippen molar-refractivity contribution in [2.75, 3.05) is 13.6 Å². The number of aldehydes is 1. The van der Waals surface area contributed by atoms with E-state index in [4.69, 9.17) is 0 Å². The quantitative estimate of drug-likeness (QED) is 0.619. The molecule has 0 aliphatic rings. The fraction of sp³-hybridized carbons (Fsp3) is 0.167. The van der Waals surface area contributed by atoms with Crippen LogP contribution in [0.4, 0.5) is 4.79 Å². The second kappa shape index (κ2) is 6.95. The number of rotatable bonds is 4. The summed E-state index contributed by atoms with van der Waals surface area (Å²) in [6.07, 6.45) is 4.75. The highest BCUT2D eigenvalue weighted by atomic mass is 16.2. The Morgan fingerprint density at radius 1 is 1.44 bits per heavy atom. The molecule has 1 rings (SSSR count). The van der Waals surface area contributed by atoms with Crippen LogP contribution in [0.1, 0.15) is 5.69 Å². The Morgan fingerprint density at radius 3 is 2.78 bits per heavy atom. The zero-order chi connectivity index (χ0) is 13.4. The molecular weight excluding hydrogens is 234 g/mol. The number of amides is 3. The molecule has 0 spiro atoms. The maximum atomic E-state index is 11.7. The number of carbonyl (C=O) groups is 3. The monoisotopic (exact) mass is 247 g/mol. The van der Waals surface area contributed by atoms with Crippen LogP contribution in [-0.4, -0.2) is 41.7 Å². The van der Waals surface area contributed by atoms with Crippen LogP contribution in [0.15, 0.2) is 30.5 Å². The molecule has 0 bridgehead atoms. The Morgan fingerprint density at radius 2 is 2.22 bits per heavy atom. The van der Waals surface area contributed by atoms with Gasteiger partial charge in [0.1, 0.15) is 6.29 Å². The van der Waals surface area contributed by atoms with Crippen molar-refractivity contribution in [3.05, 3.63) is 36.2 Å². The fourth-order valence-electron chi connectivity index (χ4n) is 1.20. The number of imide groups is 1. The minimum atomic E-state index is -0.627. The highest BCUT2D eigenvalue weighted by Gasteiger charge is 2.17. The van der Waals surface area contributed by atoms with Gasteiger partial charge in [-0.05, 0) is 18.2 Å². The molecule has 1 aromatic heterocycles. The van der Waals surface area contributed by atoms with Crippen molar-refractivity contribution in [2.24, 2.45) is 0 Å². The molecule has 94 valence electrons. The third-order valence-electron chi connectivity index (χ3n) is 2.07. The van der Waals surface area contributed by atoms with Gasteiger partial charge in [-0.1, -0.05) is 6.07 Å². The average Bonchev–Trinajstić information content (AvgIpc) is 2.42. The van der Waals surface area contributed by atoms with Crippen LogP contribution in [0.25, 0.3) is 6.08 Å². The van der Waals surface area contributed by atoms with Crippen molar-refractivity contribution in [3.8, 4) is 0 Å². The van der Waals surface area contributed by atoms with Crippen molar-refractivity contribution in [2.45, 2.75) is 0 Å². The molecule has 6 heteroatoms. The summed E-state index contributed by atoms with van der Waals surface area (Å²) in [6, 6.07) is 4.62. The predicted octanol–water partition coefficient (Wildman–Crippen LogP) is 0.462. The van der Waals surface area contributed by atoms with Crippen LogP contribution < -0.4 is 5.32 Å². The highest BCUT2D eigenvalue weighted by Crippen LogP contribution is 1.98. The molecule has 0 aliphatic heterocycles. The summed E-state index contributed by atoms with van der Waals surface area (Å²) in [5.74, 6) is -0.577. The largest absolute Gasteiger partial charge is 0.341 e. The lowest BCUT2D eigenvalue weighted by atomic mass is 10.3. The maximum Gasteiger partial charge on any atom is 0.324 e. The van der Waals surface area contributed by atoms with Gasteiger partial charge >= 0.3 is 6.03 Å². The molecule has 0 aliphatic carbocycles. The Balaban J connectivity index is 2.75. The first-order valence-electron chi connectivity index (χ1n) is 5.25. The molecule has 1 aromatic rings. The summed E-state index contributed by atoms with van der Waals surface area (Å²) in [6.45, 7) is -0.287. The summed E-state index contributed by atoms with van der Waals surface area (Å²) < 4.78 is 0. The molecule has 0 unspecified atom stereocenters. The van der Waals surface area contributed by atoms with Crippen LogP contribution in [0, 0.1) is 0 Å². The second-order valence-electron chi connectivity index (χ2n) is 3.26. The van der Waals surface area contributed by atoms with E-state index in [1.807, 2.05) is 0 Å². The molecule has 18 heavy (non-hydrogen) atoms. The van der Waals surface area contributed by atoms with Gasteiger partial charge in [0.25, 0.3) is 5.91 Å². The van der Waals surface area contributed by atoms with Crippen LogP contribution in [0.3, 0.4) is 0 Å². The van der Waals surface area contributed by atoms with E-state index in [9.17, 15) is 14.4 Å². The normalized spacial score (nSPS) is 10.1. The van der Waals surface area contributed by atoms with E-state index in [2.05, 4.69) is 10.3 Å². The van der Waals surface area contributed by atoms with Crippen molar-refractivity contribution < 1.29 is 14.4 Å². The SMILES string of the molecule is CNC(=O)N(CC=O)C(=O)C=Cc1ccccn1. The van der Waals surface area contributed by atoms with Crippen molar-refractivity contribution in [1.29, 1.82) is 0 Å². The van der Waals surface area contributed by atoms with Gasteiger partial charge in [-0.15, -0.1) is 0 Å². The number of urea groups is 1. The predicted molar refractivity (Wildman–Crippen MR) is 65.5 cm³/mol. The molecule has 0 saturated heterocycles. The van der Waals surface area contributed by atoms with E-state index in [0.29, 0.717) is 12.0 Å². The molecule has 0 atom stereocenters. The van der Waals surface area contributed by atoms with E-state index in [-0.39, 0.29) is 6.54 Å². The Bertz CT molecular complexity index is 457. The molecule has 0 aromatic carbocycles. The number of carbonyl (C=O) groups excluding carboxylic acids is 3.